The molecule has 0 unspecified atom stereocenters. The van der Waals surface area contributed by atoms with Crippen LogP contribution in [0.25, 0.3) is 0 Å². The lowest BCUT2D eigenvalue weighted by atomic mass is 10.1. The molecule has 0 aromatic carbocycles. The van der Waals surface area contributed by atoms with E-state index in [1.807, 2.05) is 0 Å². The van der Waals surface area contributed by atoms with Gasteiger partial charge in [0.05, 0.1) is 0 Å². The summed E-state index contributed by atoms with van der Waals surface area (Å²) in [4.78, 5) is 42.3. The van der Waals surface area contributed by atoms with Gasteiger partial charge in [-0.15, -0.1) is 0 Å². The summed E-state index contributed by atoms with van der Waals surface area (Å²) in [7, 11) is 0. The number of carbonyl (C=O) groups excluding carboxylic acids is 2. The summed E-state index contributed by atoms with van der Waals surface area (Å²) < 4.78 is 0. The van der Waals surface area contributed by atoms with Gasteiger partial charge >= 0.3 is 11.9 Å². The highest BCUT2D eigenvalue weighted by molar-refractivity contribution is 5.94. The SMILES string of the molecule is CCC(C(=O)OOC(C)(C)C)C(=O)OOC(C)(C)C. The first kappa shape index (κ1) is 17.9. The lowest BCUT2D eigenvalue weighted by Crippen LogP contribution is -2.32. The third-order valence-electron chi connectivity index (χ3n) is 1.72. The van der Waals surface area contributed by atoms with E-state index in [2.05, 4.69) is 9.78 Å². The summed E-state index contributed by atoms with van der Waals surface area (Å²) in [5.41, 5.74) is -1.28. The molecule has 0 saturated carbocycles. The molecule has 0 aromatic rings. The Morgan fingerprint density at radius 2 is 1.16 bits per heavy atom. The monoisotopic (exact) mass is 276 g/mol. The van der Waals surface area contributed by atoms with E-state index in [9.17, 15) is 9.59 Å². The average molecular weight is 276 g/mol. The Hall–Kier alpha value is -1.14. The van der Waals surface area contributed by atoms with E-state index in [-0.39, 0.29) is 6.42 Å². The number of rotatable bonds is 5. The van der Waals surface area contributed by atoms with Crippen molar-refractivity contribution in [2.24, 2.45) is 5.92 Å². The van der Waals surface area contributed by atoms with Gasteiger partial charge < -0.3 is 0 Å². The van der Waals surface area contributed by atoms with Gasteiger partial charge in [-0.3, -0.25) is 9.78 Å². The predicted molar refractivity (Wildman–Crippen MR) is 67.6 cm³/mol. The van der Waals surface area contributed by atoms with Crippen LogP contribution in [0.4, 0.5) is 0 Å². The molecule has 19 heavy (non-hydrogen) atoms. The summed E-state index contributed by atoms with van der Waals surface area (Å²) in [5, 5.41) is 0. The first-order chi connectivity index (χ1) is 8.46. The summed E-state index contributed by atoms with van der Waals surface area (Å²) in [5.74, 6) is -2.65. The van der Waals surface area contributed by atoms with E-state index in [0.29, 0.717) is 0 Å². The molecule has 0 spiro atoms. The third kappa shape index (κ3) is 8.56. The van der Waals surface area contributed by atoms with Crippen LogP contribution < -0.4 is 0 Å². The van der Waals surface area contributed by atoms with E-state index in [1.165, 1.54) is 0 Å². The molecule has 0 aliphatic rings. The Balaban J connectivity index is 4.39. The van der Waals surface area contributed by atoms with Gasteiger partial charge in [-0.25, -0.2) is 9.59 Å². The Morgan fingerprint density at radius 1 is 0.842 bits per heavy atom. The summed E-state index contributed by atoms with van der Waals surface area (Å²) >= 11 is 0. The second kappa shape index (κ2) is 6.86. The minimum atomic E-state index is -1.07. The van der Waals surface area contributed by atoms with Gasteiger partial charge in [0.2, 0.25) is 0 Å². The van der Waals surface area contributed by atoms with Gasteiger partial charge in [-0.05, 0) is 48.0 Å². The van der Waals surface area contributed by atoms with Gasteiger partial charge in [-0.2, -0.15) is 9.78 Å². The van der Waals surface area contributed by atoms with Gasteiger partial charge in [0, 0.05) is 0 Å². The fourth-order valence-corrected chi connectivity index (χ4v) is 0.878. The zero-order chi connectivity index (χ0) is 15.3. The zero-order valence-corrected chi connectivity index (χ0v) is 12.7. The largest absolute Gasteiger partial charge is 0.356 e. The molecular weight excluding hydrogens is 252 g/mol. The Bertz CT molecular complexity index is 280. The Kier molecular flexibility index (Phi) is 6.45. The zero-order valence-electron chi connectivity index (χ0n) is 12.7. The van der Waals surface area contributed by atoms with Crippen molar-refractivity contribution < 1.29 is 29.1 Å². The van der Waals surface area contributed by atoms with E-state index >= 15 is 0 Å². The topological polar surface area (TPSA) is 71.1 Å². The predicted octanol–water partition coefficient (Wildman–Crippen LogP) is 2.56. The van der Waals surface area contributed by atoms with Crippen LogP contribution in [-0.4, -0.2) is 23.1 Å². The van der Waals surface area contributed by atoms with Crippen molar-refractivity contribution in [3.63, 3.8) is 0 Å². The van der Waals surface area contributed by atoms with E-state index < -0.39 is 29.1 Å². The lowest BCUT2D eigenvalue weighted by molar-refractivity contribution is -0.333. The number of carbonyl (C=O) groups is 2. The molecule has 112 valence electrons. The molecular formula is C13H24O6. The lowest BCUT2D eigenvalue weighted by Gasteiger charge is -2.20. The minimum Gasteiger partial charge on any atom is -0.297 e. The second-order valence-electron chi connectivity index (χ2n) is 6.16. The molecule has 0 aliphatic heterocycles. The molecule has 0 N–H and O–H groups in total. The van der Waals surface area contributed by atoms with E-state index in [0.717, 1.165) is 0 Å². The average Bonchev–Trinajstić information content (AvgIpc) is 2.22. The smallest absolute Gasteiger partial charge is 0.297 e. The fraction of sp³-hybridized carbons (Fsp3) is 0.846. The Morgan fingerprint density at radius 3 is 1.37 bits per heavy atom. The maximum absolute atomic E-state index is 11.7. The van der Waals surface area contributed by atoms with Crippen molar-refractivity contribution in [1.29, 1.82) is 0 Å². The highest BCUT2D eigenvalue weighted by Crippen LogP contribution is 2.15. The molecule has 0 rings (SSSR count). The van der Waals surface area contributed by atoms with Crippen LogP contribution >= 0.6 is 0 Å². The molecule has 0 heterocycles. The van der Waals surface area contributed by atoms with Gasteiger partial charge in [0.1, 0.15) is 11.2 Å². The highest BCUT2D eigenvalue weighted by Gasteiger charge is 2.32. The molecule has 0 saturated heterocycles. The number of hydrogen-bond donors (Lipinski definition) is 0. The summed E-state index contributed by atoms with van der Waals surface area (Å²) in [6, 6.07) is 0. The molecule has 0 radical (unpaired) electrons. The molecule has 0 aliphatic carbocycles. The van der Waals surface area contributed by atoms with Crippen LogP contribution in [0, 0.1) is 5.92 Å². The maximum Gasteiger partial charge on any atom is 0.356 e. The molecule has 0 amide bonds. The standard InChI is InChI=1S/C13H24O6/c1-8-9(10(14)16-18-12(2,3)4)11(15)17-19-13(5,6)7/h9H,8H2,1-7H3. The Labute approximate surface area is 114 Å². The molecule has 0 atom stereocenters. The van der Waals surface area contributed by atoms with Gasteiger partial charge in [-0.1, -0.05) is 6.92 Å². The van der Waals surface area contributed by atoms with Gasteiger partial charge in [0.15, 0.2) is 5.92 Å². The van der Waals surface area contributed by atoms with Crippen LogP contribution in [0.2, 0.25) is 0 Å². The van der Waals surface area contributed by atoms with Crippen LogP contribution in [0.3, 0.4) is 0 Å². The molecule has 6 heteroatoms. The van der Waals surface area contributed by atoms with Crippen LogP contribution in [0.1, 0.15) is 54.9 Å². The first-order valence-electron chi connectivity index (χ1n) is 6.25. The van der Waals surface area contributed by atoms with Crippen molar-refractivity contribution in [3.8, 4) is 0 Å². The van der Waals surface area contributed by atoms with Crippen LogP contribution in [0.5, 0.6) is 0 Å². The normalized spacial score (nSPS) is 12.4. The van der Waals surface area contributed by atoms with Crippen molar-refractivity contribution >= 4 is 11.9 Å². The minimum absolute atomic E-state index is 0.235. The molecule has 0 bridgehead atoms. The van der Waals surface area contributed by atoms with Gasteiger partial charge in [0.25, 0.3) is 0 Å². The van der Waals surface area contributed by atoms with E-state index in [4.69, 9.17) is 9.78 Å². The number of hydrogen-bond acceptors (Lipinski definition) is 6. The second-order valence-corrected chi connectivity index (χ2v) is 6.16. The molecule has 0 aromatic heterocycles. The molecule has 6 nitrogen and oxygen atoms in total. The van der Waals surface area contributed by atoms with Crippen molar-refractivity contribution in [3.05, 3.63) is 0 Å². The quantitative estimate of drug-likeness (QED) is 0.436. The fourth-order valence-electron chi connectivity index (χ4n) is 0.878. The van der Waals surface area contributed by atoms with Crippen molar-refractivity contribution in [2.45, 2.75) is 66.1 Å². The maximum atomic E-state index is 11.7. The first-order valence-corrected chi connectivity index (χ1v) is 6.25. The highest BCUT2D eigenvalue weighted by atomic mass is 17.2. The summed E-state index contributed by atoms with van der Waals surface area (Å²) in [6.07, 6.45) is 0.235. The van der Waals surface area contributed by atoms with Crippen molar-refractivity contribution in [2.75, 3.05) is 0 Å². The molecule has 0 fully saturated rings. The van der Waals surface area contributed by atoms with E-state index in [1.54, 1.807) is 48.5 Å². The third-order valence-corrected chi connectivity index (χ3v) is 1.72. The van der Waals surface area contributed by atoms with Crippen LogP contribution in [0.15, 0.2) is 0 Å². The van der Waals surface area contributed by atoms with Crippen molar-refractivity contribution in [1.82, 2.24) is 0 Å². The van der Waals surface area contributed by atoms with Crippen LogP contribution in [-0.2, 0) is 29.1 Å². The summed E-state index contributed by atoms with van der Waals surface area (Å²) in [6.45, 7) is 12.0.